The van der Waals surface area contributed by atoms with Crippen molar-refractivity contribution in [2.24, 2.45) is 0 Å². The van der Waals surface area contributed by atoms with Crippen LogP contribution in [0, 0.1) is 20.8 Å². The van der Waals surface area contributed by atoms with Gasteiger partial charge in [0.25, 0.3) is 0 Å². The minimum atomic E-state index is -1.24. The average molecular weight is 424 g/mol. The Labute approximate surface area is 186 Å². The van der Waals surface area contributed by atoms with Crippen LogP contribution in [-0.2, 0) is 0 Å². The van der Waals surface area contributed by atoms with E-state index in [1.165, 1.54) is 24.0 Å². The highest BCUT2D eigenvalue weighted by molar-refractivity contribution is 5.42. The number of hydrogen-bond acceptors (Lipinski definition) is 4. The SMILES string of the molecule is Cc1cc(C)c(C)c(OC[C@@]2(O)CN(C3CCC(c4ccccc4)CC3)CC[C@@H]2O)c1. The lowest BCUT2D eigenvalue weighted by atomic mass is 9.80. The first-order valence-electron chi connectivity index (χ1n) is 11.8. The second-order valence-corrected chi connectivity index (χ2v) is 9.79. The van der Waals surface area contributed by atoms with E-state index in [1.54, 1.807) is 0 Å². The third kappa shape index (κ3) is 4.97. The van der Waals surface area contributed by atoms with Gasteiger partial charge in [0.05, 0.1) is 6.10 Å². The van der Waals surface area contributed by atoms with Gasteiger partial charge in [-0.2, -0.15) is 0 Å². The van der Waals surface area contributed by atoms with Crippen molar-refractivity contribution in [2.75, 3.05) is 19.7 Å². The van der Waals surface area contributed by atoms with Crippen molar-refractivity contribution >= 4 is 0 Å². The molecule has 4 rings (SSSR count). The number of aryl methyl sites for hydroxylation is 2. The summed E-state index contributed by atoms with van der Waals surface area (Å²) in [5.74, 6) is 1.45. The molecule has 1 saturated carbocycles. The van der Waals surface area contributed by atoms with Gasteiger partial charge in [0, 0.05) is 19.1 Å². The monoisotopic (exact) mass is 423 g/mol. The summed E-state index contributed by atoms with van der Waals surface area (Å²) in [6.07, 6.45) is 4.49. The smallest absolute Gasteiger partial charge is 0.137 e. The summed E-state index contributed by atoms with van der Waals surface area (Å²) in [6, 6.07) is 15.5. The summed E-state index contributed by atoms with van der Waals surface area (Å²) in [7, 11) is 0. The Morgan fingerprint density at radius 2 is 1.71 bits per heavy atom. The van der Waals surface area contributed by atoms with E-state index < -0.39 is 11.7 Å². The predicted molar refractivity (Wildman–Crippen MR) is 125 cm³/mol. The lowest BCUT2D eigenvalue weighted by Crippen LogP contribution is -2.62. The number of ether oxygens (including phenoxy) is 1. The molecule has 0 aromatic heterocycles. The predicted octanol–water partition coefficient (Wildman–Crippen LogP) is 4.51. The Hall–Kier alpha value is -1.88. The first kappa shape index (κ1) is 22.3. The minimum absolute atomic E-state index is 0.119. The molecule has 2 aromatic carbocycles. The highest BCUT2D eigenvalue weighted by Crippen LogP contribution is 2.37. The average Bonchev–Trinajstić information content (AvgIpc) is 2.78. The summed E-state index contributed by atoms with van der Waals surface area (Å²) in [4.78, 5) is 2.39. The van der Waals surface area contributed by atoms with Crippen molar-refractivity contribution in [3.8, 4) is 5.75 Å². The van der Waals surface area contributed by atoms with Gasteiger partial charge in [-0.15, -0.1) is 0 Å². The first-order chi connectivity index (χ1) is 14.9. The number of hydrogen-bond donors (Lipinski definition) is 2. The zero-order valence-electron chi connectivity index (χ0n) is 19.2. The maximum absolute atomic E-state index is 11.3. The van der Waals surface area contributed by atoms with Crippen LogP contribution in [0.15, 0.2) is 42.5 Å². The van der Waals surface area contributed by atoms with Crippen molar-refractivity contribution in [2.45, 2.75) is 76.5 Å². The van der Waals surface area contributed by atoms with Crippen molar-refractivity contribution in [3.63, 3.8) is 0 Å². The fraction of sp³-hybridized carbons (Fsp3) is 0.556. The van der Waals surface area contributed by atoms with Crippen molar-refractivity contribution in [3.05, 3.63) is 64.7 Å². The van der Waals surface area contributed by atoms with Crippen molar-refractivity contribution in [1.29, 1.82) is 0 Å². The van der Waals surface area contributed by atoms with Gasteiger partial charge in [-0.25, -0.2) is 0 Å². The van der Waals surface area contributed by atoms with Gasteiger partial charge in [0.1, 0.15) is 18.0 Å². The molecule has 2 aliphatic rings. The summed E-state index contributed by atoms with van der Waals surface area (Å²) < 4.78 is 6.09. The van der Waals surface area contributed by atoms with E-state index in [4.69, 9.17) is 4.74 Å². The number of nitrogens with zero attached hydrogens (tertiary/aromatic N) is 1. The van der Waals surface area contributed by atoms with Crippen molar-refractivity contribution < 1.29 is 14.9 Å². The molecule has 2 atom stereocenters. The Kier molecular flexibility index (Phi) is 6.71. The van der Waals surface area contributed by atoms with Crippen LogP contribution in [0.1, 0.15) is 60.3 Å². The molecule has 0 radical (unpaired) electrons. The summed E-state index contributed by atoms with van der Waals surface area (Å²) in [5.41, 5.74) is 3.63. The molecule has 0 amide bonds. The molecule has 4 nitrogen and oxygen atoms in total. The Bertz CT molecular complexity index is 876. The number of rotatable bonds is 5. The molecule has 1 saturated heterocycles. The maximum Gasteiger partial charge on any atom is 0.137 e. The van der Waals surface area contributed by atoms with E-state index in [9.17, 15) is 10.2 Å². The molecule has 4 heteroatoms. The molecule has 168 valence electrons. The maximum atomic E-state index is 11.3. The molecule has 1 heterocycles. The van der Waals surface area contributed by atoms with E-state index >= 15 is 0 Å². The quantitative estimate of drug-likeness (QED) is 0.743. The topological polar surface area (TPSA) is 52.9 Å². The molecule has 2 fully saturated rings. The van der Waals surface area contributed by atoms with E-state index in [0.29, 0.717) is 24.9 Å². The van der Waals surface area contributed by atoms with E-state index in [0.717, 1.165) is 36.3 Å². The van der Waals surface area contributed by atoms with Crippen LogP contribution in [0.5, 0.6) is 5.75 Å². The van der Waals surface area contributed by atoms with E-state index in [1.807, 2.05) is 13.0 Å². The zero-order chi connectivity index (χ0) is 22.0. The van der Waals surface area contributed by atoms with E-state index in [2.05, 4.69) is 55.1 Å². The number of β-amino-alcohol motifs (C(OH)–C–C–N with tert-alkyl or cyclic N) is 1. The van der Waals surface area contributed by atoms with Gasteiger partial charge in [-0.05, 0) is 87.1 Å². The van der Waals surface area contributed by atoms with Gasteiger partial charge in [-0.1, -0.05) is 36.4 Å². The molecule has 1 aliphatic heterocycles. The second-order valence-electron chi connectivity index (χ2n) is 9.79. The highest BCUT2D eigenvalue weighted by atomic mass is 16.5. The fourth-order valence-corrected chi connectivity index (χ4v) is 5.40. The lowest BCUT2D eigenvalue weighted by Gasteiger charge is -2.47. The lowest BCUT2D eigenvalue weighted by molar-refractivity contribution is -0.147. The van der Waals surface area contributed by atoms with Gasteiger partial charge >= 0.3 is 0 Å². The van der Waals surface area contributed by atoms with Gasteiger partial charge < -0.3 is 14.9 Å². The Morgan fingerprint density at radius 1 is 1.00 bits per heavy atom. The molecule has 31 heavy (non-hydrogen) atoms. The van der Waals surface area contributed by atoms with Gasteiger partial charge in [0.15, 0.2) is 0 Å². The zero-order valence-corrected chi connectivity index (χ0v) is 19.2. The molecule has 0 spiro atoms. The number of benzene rings is 2. The first-order valence-corrected chi connectivity index (χ1v) is 11.8. The molecule has 2 N–H and O–H groups in total. The van der Waals surface area contributed by atoms with Crippen LogP contribution in [0.4, 0.5) is 0 Å². The second kappa shape index (κ2) is 9.32. The normalized spacial score (nSPS) is 29.6. The summed E-state index contributed by atoms with van der Waals surface area (Å²) >= 11 is 0. The molecule has 0 bridgehead atoms. The summed E-state index contributed by atoms with van der Waals surface area (Å²) in [5, 5.41) is 22.0. The standard InChI is InChI=1S/C27H37NO3/c1-19-15-20(2)21(3)25(16-19)31-18-27(30)17-28(14-13-26(27)29)24-11-9-23(10-12-24)22-7-5-4-6-8-22/h4-8,15-16,23-24,26,29-30H,9-14,17-18H2,1-3H3/t23?,24?,26-,27-/m0/s1. The Morgan fingerprint density at radius 3 is 2.42 bits per heavy atom. The Balaban J connectivity index is 1.38. The fourth-order valence-electron chi connectivity index (χ4n) is 5.40. The highest BCUT2D eigenvalue weighted by Gasteiger charge is 2.44. The van der Waals surface area contributed by atoms with E-state index in [-0.39, 0.29) is 6.61 Å². The van der Waals surface area contributed by atoms with Crippen molar-refractivity contribution in [1.82, 2.24) is 4.90 Å². The van der Waals surface area contributed by atoms with Crippen LogP contribution in [-0.4, -0.2) is 52.6 Å². The number of aliphatic hydroxyl groups is 2. The number of aliphatic hydroxyl groups excluding tert-OH is 1. The van der Waals surface area contributed by atoms with Gasteiger partial charge in [0.2, 0.25) is 0 Å². The summed E-state index contributed by atoms with van der Waals surface area (Å²) in [6.45, 7) is 7.60. The number of likely N-dealkylation sites (tertiary alicyclic amines) is 1. The molecule has 2 aromatic rings. The molecular weight excluding hydrogens is 386 g/mol. The van der Waals surface area contributed by atoms with Crippen LogP contribution in [0.2, 0.25) is 0 Å². The molecule has 0 unspecified atom stereocenters. The minimum Gasteiger partial charge on any atom is -0.490 e. The van der Waals surface area contributed by atoms with Crippen LogP contribution in [0.25, 0.3) is 0 Å². The molecule has 1 aliphatic carbocycles. The molecular formula is C27H37NO3. The largest absolute Gasteiger partial charge is 0.490 e. The van der Waals surface area contributed by atoms with Crippen LogP contribution in [0.3, 0.4) is 0 Å². The van der Waals surface area contributed by atoms with Gasteiger partial charge in [-0.3, -0.25) is 4.90 Å². The third-order valence-electron chi connectivity index (χ3n) is 7.51. The third-order valence-corrected chi connectivity index (χ3v) is 7.51. The number of piperidine rings is 1. The van der Waals surface area contributed by atoms with Crippen LogP contribution >= 0.6 is 0 Å². The van der Waals surface area contributed by atoms with Crippen LogP contribution < -0.4 is 4.74 Å².